The molecule has 0 heterocycles. The summed E-state index contributed by atoms with van der Waals surface area (Å²) in [6.07, 6.45) is 10.2. The number of nitrogens with zero attached hydrogens (tertiary/aromatic N) is 2. The molecule has 10 nitrogen and oxygen atoms in total. The van der Waals surface area contributed by atoms with Crippen LogP contribution in [0, 0.1) is 6.92 Å². The lowest BCUT2D eigenvalue weighted by atomic mass is 10.1. The molecule has 4 aromatic rings. The molecule has 4 aromatic carbocycles. The van der Waals surface area contributed by atoms with Crippen LogP contribution in [0.15, 0.2) is 95.2 Å². The van der Waals surface area contributed by atoms with Crippen molar-refractivity contribution in [2.75, 3.05) is 33.0 Å². The third-order valence-electron chi connectivity index (χ3n) is 8.58. The van der Waals surface area contributed by atoms with E-state index in [0.717, 1.165) is 69.8 Å². The van der Waals surface area contributed by atoms with Crippen LogP contribution in [0.4, 0.5) is 11.4 Å². The van der Waals surface area contributed by atoms with E-state index in [1.165, 1.54) is 0 Å². The first-order valence-corrected chi connectivity index (χ1v) is 19.7. The molecular weight excluding hydrogens is 697 g/mol. The Morgan fingerprint density at radius 1 is 0.491 bits per heavy atom. The molecule has 0 bridgehead atoms. The van der Waals surface area contributed by atoms with Gasteiger partial charge < -0.3 is 28.4 Å². The smallest absolute Gasteiger partial charge is 0.343 e. The fourth-order valence-corrected chi connectivity index (χ4v) is 5.34. The van der Waals surface area contributed by atoms with E-state index in [1.54, 1.807) is 72.8 Å². The first kappa shape index (κ1) is 42.5. The molecule has 0 unspecified atom stereocenters. The number of benzene rings is 4. The second-order valence-corrected chi connectivity index (χ2v) is 13.2. The molecule has 0 saturated carbocycles. The number of carbonyl (C=O) groups is 2. The average Bonchev–Trinajstić information content (AvgIpc) is 3.20. The third-order valence-corrected chi connectivity index (χ3v) is 8.58. The lowest BCUT2D eigenvalue weighted by Crippen LogP contribution is -2.11. The highest BCUT2D eigenvalue weighted by molar-refractivity contribution is 5.92. The van der Waals surface area contributed by atoms with Crippen LogP contribution in [0.2, 0.25) is 0 Å². The number of carbonyl (C=O) groups excluding carboxylic acids is 2. The largest absolute Gasteiger partial charge is 0.491 e. The highest BCUT2D eigenvalue weighted by atomic mass is 16.6. The Kier molecular flexibility index (Phi) is 18.7. The van der Waals surface area contributed by atoms with Gasteiger partial charge in [0.1, 0.15) is 23.8 Å². The van der Waals surface area contributed by atoms with E-state index in [9.17, 15) is 9.59 Å². The minimum absolute atomic E-state index is 0.229. The normalized spacial score (nSPS) is 11.1. The molecule has 0 aromatic heterocycles. The van der Waals surface area contributed by atoms with Crippen LogP contribution < -0.4 is 23.7 Å². The quantitative estimate of drug-likeness (QED) is 0.0284. The second-order valence-electron chi connectivity index (χ2n) is 13.2. The number of unbranched alkanes of at least 4 members (excludes halogenated alkanes) is 7. The zero-order valence-corrected chi connectivity index (χ0v) is 32.8. The molecule has 0 N–H and O–H groups in total. The van der Waals surface area contributed by atoms with Crippen molar-refractivity contribution in [1.82, 2.24) is 0 Å². The van der Waals surface area contributed by atoms with Crippen molar-refractivity contribution in [2.45, 2.75) is 91.9 Å². The van der Waals surface area contributed by atoms with Gasteiger partial charge in [-0.1, -0.05) is 83.4 Å². The van der Waals surface area contributed by atoms with Gasteiger partial charge in [-0.05, 0) is 99.0 Å². The van der Waals surface area contributed by atoms with Crippen LogP contribution in [-0.2, 0) is 4.74 Å². The summed E-state index contributed by atoms with van der Waals surface area (Å²) in [6.45, 7) is 10.9. The lowest BCUT2D eigenvalue weighted by molar-refractivity contribution is 0.0720. The number of esters is 2. The Bertz CT molecular complexity index is 1760. The molecule has 10 heteroatoms. The van der Waals surface area contributed by atoms with E-state index in [0.29, 0.717) is 78.5 Å². The number of rotatable bonds is 25. The standard InChI is InChI=1S/C45H56N2O8/c1-5-8-11-13-30-52-42-40(47-46-37-21-25-39(26-22-37)54-44(48)35-17-15-34(4)16-18-35)27-28-41(43(42)53-31-14-12-9-6-2)55-45(49)36-19-23-38(24-20-36)51-33-32-50-29-10-7-3/h15-28H,5-14,29-33H2,1-4H3. The van der Waals surface area contributed by atoms with Crippen LogP contribution in [0.1, 0.15) is 111 Å². The number of aryl methyl sites for hydroxylation is 1. The van der Waals surface area contributed by atoms with Crippen molar-refractivity contribution in [1.29, 1.82) is 0 Å². The fraction of sp³-hybridized carbons (Fsp3) is 0.422. The highest BCUT2D eigenvalue weighted by Gasteiger charge is 2.22. The fourth-order valence-electron chi connectivity index (χ4n) is 5.34. The zero-order valence-electron chi connectivity index (χ0n) is 32.8. The van der Waals surface area contributed by atoms with Crippen LogP contribution in [0.5, 0.6) is 28.7 Å². The molecule has 0 saturated heterocycles. The summed E-state index contributed by atoms with van der Waals surface area (Å²) in [5.74, 6) is 0.929. The van der Waals surface area contributed by atoms with Gasteiger partial charge >= 0.3 is 11.9 Å². The maximum absolute atomic E-state index is 13.4. The Morgan fingerprint density at radius 3 is 1.71 bits per heavy atom. The maximum Gasteiger partial charge on any atom is 0.343 e. The van der Waals surface area contributed by atoms with Gasteiger partial charge in [0, 0.05) is 6.61 Å². The summed E-state index contributed by atoms with van der Waals surface area (Å²) in [4.78, 5) is 26.0. The molecule has 0 aliphatic carbocycles. The summed E-state index contributed by atoms with van der Waals surface area (Å²) in [7, 11) is 0. The van der Waals surface area contributed by atoms with Gasteiger partial charge in [-0.3, -0.25) is 0 Å². The topological polar surface area (TPSA) is 114 Å². The summed E-state index contributed by atoms with van der Waals surface area (Å²) < 4.78 is 35.5. The Morgan fingerprint density at radius 2 is 1.07 bits per heavy atom. The van der Waals surface area contributed by atoms with Crippen molar-refractivity contribution >= 4 is 23.3 Å². The zero-order chi connectivity index (χ0) is 39.1. The molecule has 0 aliphatic heterocycles. The molecule has 294 valence electrons. The second kappa shape index (κ2) is 24.2. The third kappa shape index (κ3) is 14.9. The molecule has 0 spiro atoms. The average molecular weight is 753 g/mol. The molecule has 55 heavy (non-hydrogen) atoms. The SMILES string of the molecule is CCCCCCOc1c(N=Nc2ccc(OC(=O)c3ccc(C)cc3)cc2)ccc(OC(=O)c2ccc(OCCOCCCC)cc2)c1OCCCCCC. The first-order chi connectivity index (χ1) is 26.9. The Hall–Kier alpha value is -5.22. The summed E-state index contributed by atoms with van der Waals surface area (Å²) in [5, 5.41) is 8.99. The van der Waals surface area contributed by atoms with Crippen LogP contribution in [-0.4, -0.2) is 45.0 Å². The van der Waals surface area contributed by atoms with Crippen molar-refractivity contribution in [3.8, 4) is 28.7 Å². The van der Waals surface area contributed by atoms with Crippen molar-refractivity contribution in [2.24, 2.45) is 10.2 Å². The van der Waals surface area contributed by atoms with Crippen LogP contribution in [0.25, 0.3) is 0 Å². The Balaban J connectivity index is 1.53. The molecular formula is C45H56N2O8. The first-order valence-electron chi connectivity index (χ1n) is 19.7. The van der Waals surface area contributed by atoms with Crippen molar-refractivity contribution < 1.29 is 38.0 Å². The molecule has 0 fully saturated rings. The van der Waals surface area contributed by atoms with Gasteiger partial charge in [-0.15, -0.1) is 5.11 Å². The predicted molar refractivity (Wildman–Crippen MR) is 215 cm³/mol. The molecule has 4 rings (SSSR count). The lowest BCUT2D eigenvalue weighted by Gasteiger charge is -2.18. The molecule has 0 atom stereocenters. The number of hydrogen-bond donors (Lipinski definition) is 0. The van der Waals surface area contributed by atoms with Gasteiger partial charge in [0.25, 0.3) is 0 Å². The van der Waals surface area contributed by atoms with Crippen molar-refractivity contribution in [3.63, 3.8) is 0 Å². The van der Waals surface area contributed by atoms with Crippen LogP contribution >= 0.6 is 0 Å². The summed E-state index contributed by atoms with van der Waals surface area (Å²) in [5.41, 5.74) is 2.85. The summed E-state index contributed by atoms with van der Waals surface area (Å²) in [6, 6.07) is 24.1. The van der Waals surface area contributed by atoms with E-state index in [2.05, 4.69) is 31.0 Å². The Labute approximate surface area is 326 Å². The van der Waals surface area contributed by atoms with Gasteiger partial charge in [-0.25, -0.2) is 9.59 Å². The molecule has 0 amide bonds. The van der Waals surface area contributed by atoms with E-state index in [1.807, 2.05) is 19.1 Å². The summed E-state index contributed by atoms with van der Waals surface area (Å²) >= 11 is 0. The van der Waals surface area contributed by atoms with E-state index in [4.69, 9.17) is 28.4 Å². The van der Waals surface area contributed by atoms with Crippen LogP contribution in [0.3, 0.4) is 0 Å². The number of ether oxygens (including phenoxy) is 6. The van der Waals surface area contributed by atoms with Gasteiger partial charge in [0.2, 0.25) is 5.75 Å². The van der Waals surface area contributed by atoms with Gasteiger partial charge in [0.05, 0.1) is 36.6 Å². The molecule has 0 radical (unpaired) electrons. The van der Waals surface area contributed by atoms with Crippen molar-refractivity contribution in [3.05, 3.63) is 102 Å². The predicted octanol–water partition coefficient (Wildman–Crippen LogP) is 12.0. The highest BCUT2D eigenvalue weighted by Crippen LogP contribution is 2.46. The van der Waals surface area contributed by atoms with Gasteiger partial charge in [-0.2, -0.15) is 5.11 Å². The van der Waals surface area contributed by atoms with E-state index >= 15 is 0 Å². The number of hydrogen-bond acceptors (Lipinski definition) is 10. The van der Waals surface area contributed by atoms with E-state index < -0.39 is 11.9 Å². The maximum atomic E-state index is 13.4. The van der Waals surface area contributed by atoms with Gasteiger partial charge in [0.15, 0.2) is 11.5 Å². The minimum Gasteiger partial charge on any atom is -0.491 e. The monoisotopic (exact) mass is 752 g/mol. The van der Waals surface area contributed by atoms with E-state index in [-0.39, 0.29) is 5.75 Å². The molecule has 0 aliphatic rings. The number of azo groups is 1. The minimum atomic E-state index is -0.545.